The van der Waals surface area contributed by atoms with Crippen LogP contribution in [0.5, 0.6) is 0 Å². The molecule has 2 heteroatoms. The summed E-state index contributed by atoms with van der Waals surface area (Å²) in [6.07, 6.45) is 0. The van der Waals surface area contributed by atoms with Crippen molar-refractivity contribution in [2.75, 3.05) is 5.32 Å². The molecule has 1 nitrogen and oxygen atoms in total. The number of hydrogen-bond acceptors (Lipinski definition) is 1. The quantitative estimate of drug-likeness (QED) is 0.685. The Balaban J connectivity index is 1.81. The molecule has 1 N–H and O–H groups in total. The monoisotopic (exact) mass is 325 g/mol. The van der Waals surface area contributed by atoms with E-state index in [0.717, 1.165) is 11.4 Å². The van der Waals surface area contributed by atoms with Crippen LogP contribution in [-0.4, -0.2) is 4.87 Å². The lowest BCUT2D eigenvalue weighted by molar-refractivity contribution is 0.898. The summed E-state index contributed by atoms with van der Waals surface area (Å²) in [5.41, 5.74) is 7.20. The van der Waals surface area contributed by atoms with Crippen LogP contribution in [0.2, 0.25) is 0 Å². The highest BCUT2D eigenvalue weighted by Gasteiger charge is 2.62. The number of rotatable bonds is 4. The molecule has 1 aliphatic rings. The Labute approximate surface area is 144 Å². The molecule has 0 amide bonds. The summed E-state index contributed by atoms with van der Waals surface area (Å²) in [6, 6.07) is 15.0. The van der Waals surface area contributed by atoms with Gasteiger partial charge in [-0.05, 0) is 51.0 Å². The highest BCUT2D eigenvalue weighted by molar-refractivity contribution is 6.27. The van der Waals surface area contributed by atoms with Gasteiger partial charge in [-0.3, -0.25) is 0 Å². The van der Waals surface area contributed by atoms with E-state index in [2.05, 4.69) is 82.1 Å². The van der Waals surface area contributed by atoms with Crippen molar-refractivity contribution in [3.63, 3.8) is 0 Å². The highest BCUT2D eigenvalue weighted by Crippen LogP contribution is 2.64. The summed E-state index contributed by atoms with van der Waals surface area (Å²) >= 11 is 6.80. The minimum absolute atomic E-state index is 0.242. The lowest BCUT2D eigenvalue weighted by Crippen LogP contribution is -2.05. The van der Waals surface area contributed by atoms with E-state index in [1.807, 2.05) is 0 Å². The molecule has 3 rings (SSSR count). The number of allylic oxidation sites excluding steroid dienone is 1. The first-order valence-electron chi connectivity index (χ1n) is 8.08. The fourth-order valence-corrected chi connectivity index (χ4v) is 4.16. The molecule has 0 aliphatic heterocycles. The third kappa shape index (κ3) is 3.16. The predicted molar refractivity (Wildman–Crippen MR) is 100 cm³/mol. The molecule has 0 aromatic heterocycles. The van der Waals surface area contributed by atoms with Gasteiger partial charge < -0.3 is 5.32 Å². The van der Waals surface area contributed by atoms with Gasteiger partial charge >= 0.3 is 0 Å². The molecule has 0 heterocycles. The number of halogens is 1. The average Bonchev–Trinajstić information content (AvgIpc) is 3.00. The second-order valence-corrected chi connectivity index (χ2v) is 7.86. The van der Waals surface area contributed by atoms with Crippen LogP contribution in [0, 0.1) is 26.7 Å². The molecule has 23 heavy (non-hydrogen) atoms. The summed E-state index contributed by atoms with van der Waals surface area (Å²) in [4.78, 5) is -0.270. The Morgan fingerprint density at radius 3 is 2.30 bits per heavy atom. The Morgan fingerprint density at radius 2 is 1.70 bits per heavy atom. The lowest BCUT2D eigenvalue weighted by atomic mass is 10.0. The molecule has 0 saturated heterocycles. The van der Waals surface area contributed by atoms with E-state index in [4.69, 9.17) is 11.6 Å². The van der Waals surface area contributed by atoms with Crippen LogP contribution in [0.1, 0.15) is 35.1 Å². The summed E-state index contributed by atoms with van der Waals surface area (Å²) in [6.45, 7) is 12.7. The Morgan fingerprint density at radius 1 is 1.04 bits per heavy atom. The normalized spacial score (nSPS) is 26.0. The third-order valence-corrected chi connectivity index (χ3v) is 5.21. The van der Waals surface area contributed by atoms with E-state index in [0.29, 0.717) is 5.92 Å². The van der Waals surface area contributed by atoms with Crippen LogP contribution in [0.25, 0.3) is 0 Å². The van der Waals surface area contributed by atoms with E-state index < -0.39 is 0 Å². The zero-order valence-electron chi connectivity index (χ0n) is 14.3. The molecule has 3 unspecified atom stereocenters. The lowest BCUT2D eigenvalue weighted by Gasteiger charge is -2.11. The van der Waals surface area contributed by atoms with Gasteiger partial charge in [0.25, 0.3) is 0 Å². The first-order valence-corrected chi connectivity index (χ1v) is 8.46. The zero-order chi connectivity index (χ0) is 16.8. The zero-order valence-corrected chi connectivity index (χ0v) is 15.0. The maximum Gasteiger partial charge on any atom is 0.0582 e. The number of benzene rings is 2. The average molecular weight is 326 g/mol. The number of hydrogen-bond donors (Lipinski definition) is 1. The standard InChI is InChI=1S/C21H24ClN/c1-13-7-6-8-18(12-13)23-16(4)19-20(21(19,5)22)17-10-14(2)9-15(3)11-17/h6-12,19-20,23H,4H2,1-3,5H3. The minimum atomic E-state index is -0.270. The van der Waals surface area contributed by atoms with E-state index >= 15 is 0 Å². The summed E-state index contributed by atoms with van der Waals surface area (Å²) in [5.74, 6) is 0.554. The SMILES string of the molecule is C=C(Nc1cccc(C)c1)C1C(c2cc(C)cc(C)c2)C1(C)Cl. The van der Waals surface area contributed by atoms with Gasteiger partial charge in [-0.15, -0.1) is 11.6 Å². The maximum absolute atomic E-state index is 6.80. The molecule has 1 aliphatic carbocycles. The van der Waals surface area contributed by atoms with Crippen molar-refractivity contribution in [3.05, 3.63) is 77.0 Å². The van der Waals surface area contributed by atoms with Crippen molar-refractivity contribution in [3.8, 4) is 0 Å². The Hall–Kier alpha value is -1.73. The fraction of sp³-hybridized carbons (Fsp3) is 0.333. The van der Waals surface area contributed by atoms with E-state index in [1.54, 1.807) is 0 Å². The maximum atomic E-state index is 6.80. The van der Waals surface area contributed by atoms with Gasteiger partial charge in [-0.1, -0.05) is 48.0 Å². The molecule has 1 saturated carbocycles. The minimum Gasteiger partial charge on any atom is -0.359 e. The number of nitrogens with one attached hydrogen (secondary N) is 1. The van der Waals surface area contributed by atoms with E-state index in [9.17, 15) is 0 Å². The van der Waals surface area contributed by atoms with Crippen molar-refractivity contribution in [2.24, 2.45) is 5.92 Å². The number of anilines is 1. The molecule has 0 bridgehead atoms. The molecule has 120 valence electrons. The second kappa shape index (κ2) is 5.72. The van der Waals surface area contributed by atoms with Crippen molar-refractivity contribution in [1.82, 2.24) is 0 Å². The number of alkyl halides is 1. The summed E-state index contributed by atoms with van der Waals surface area (Å²) in [5, 5.41) is 3.45. The van der Waals surface area contributed by atoms with Crippen molar-refractivity contribution >= 4 is 17.3 Å². The molecule has 0 spiro atoms. The van der Waals surface area contributed by atoms with Crippen LogP contribution in [-0.2, 0) is 0 Å². The van der Waals surface area contributed by atoms with E-state index in [1.165, 1.54) is 22.3 Å². The Kier molecular flexibility index (Phi) is 4.01. The highest BCUT2D eigenvalue weighted by atomic mass is 35.5. The molecule has 1 fully saturated rings. The van der Waals surface area contributed by atoms with Gasteiger partial charge in [0.15, 0.2) is 0 Å². The van der Waals surface area contributed by atoms with Gasteiger partial charge in [0, 0.05) is 23.2 Å². The van der Waals surface area contributed by atoms with Crippen LogP contribution >= 0.6 is 11.6 Å². The Bertz CT molecular complexity index is 740. The van der Waals surface area contributed by atoms with Gasteiger partial charge in [0.05, 0.1) is 4.87 Å². The smallest absolute Gasteiger partial charge is 0.0582 e. The van der Waals surface area contributed by atoms with Crippen molar-refractivity contribution in [1.29, 1.82) is 0 Å². The summed E-state index contributed by atoms with van der Waals surface area (Å²) < 4.78 is 0. The molecule has 2 aromatic carbocycles. The number of aryl methyl sites for hydroxylation is 3. The van der Waals surface area contributed by atoms with Gasteiger partial charge in [-0.2, -0.15) is 0 Å². The van der Waals surface area contributed by atoms with Gasteiger partial charge in [0.1, 0.15) is 0 Å². The van der Waals surface area contributed by atoms with Gasteiger partial charge in [-0.25, -0.2) is 0 Å². The van der Waals surface area contributed by atoms with Crippen LogP contribution in [0.15, 0.2) is 54.7 Å². The van der Waals surface area contributed by atoms with Crippen molar-refractivity contribution in [2.45, 2.75) is 38.5 Å². The van der Waals surface area contributed by atoms with Crippen molar-refractivity contribution < 1.29 is 0 Å². The van der Waals surface area contributed by atoms with Crippen LogP contribution in [0.3, 0.4) is 0 Å². The van der Waals surface area contributed by atoms with Crippen LogP contribution < -0.4 is 5.32 Å². The second-order valence-electron chi connectivity index (χ2n) is 7.05. The molecular weight excluding hydrogens is 302 g/mol. The summed E-state index contributed by atoms with van der Waals surface area (Å²) in [7, 11) is 0. The van der Waals surface area contributed by atoms with E-state index in [-0.39, 0.29) is 10.8 Å². The first kappa shape index (κ1) is 16.1. The molecule has 2 aromatic rings. The first-order chi connectivity index (χ1) is 10.8. The fourth-order valence-electron chi connectivity index (χ4n) is 3.72. The van der Waals surface area contributed by atoms with Crippen LogP contribution in [0.4, 0.5) is 5.69 Å². The third-order valence-electron chi connectivity index (χ3n) is 4.74. The largest absolute Gasteiger partial charge is 0.359 e. The molecule has 0 radical (unpaired) electrons. The van der Waals surface area contributed by atoms with Gasteiger partial charge in [0.2, 0.25) is 0 Å². The molecular formula is C21H24ClN. The predicted octanol–water partition coefficient (Wildman–Crippen LogP) is 5.95. The molecule has 3 atom stereocenters. The topological polar surface area (TPSA) is 12.0 Å².